The van der Waals surface area contributed by atoms with Gasteiger partial charge in [0.05, 0.1) is 19.0 Å². The van der Waals surface area contributed by atoms with E-state index in [4.69, 9.17) is 4.74 Å². The van der Waals surface area contributed by atoms with Gasteiger partial charge in [0.1, 0.15) is 4.21 Å². The molecule has 0 atom stereocenters. The number of rotatable bonds is 6. The standard InChI is InChI=1S/C10H16N2O5S3/c13-19(14,12-4-6-17-7-5-12)9-3-11-20(15,16)10-2-1-8-18-10/h1-2,8,11H,3-7,9H2. The highest BCUT2D eigenvalue weighted by Crippen LogP contribution is 2.15. The monoisotopic (exact) mass is 340 g/mol. The summed E-state index contributed by atoms with van der Waals surface area (Å²) < 4.78 is 56.5. The second-order valence-corrected chi connectivity index (χ2v) is 9.19. The molecule has 0 bridgehead atoms. The van der Waals surface area contributed by atoms with Crippen molar-refractivity contribution in [1.82, 2.24) is 9.03 Å². The van der Waals surface area contributed by atoms with Gasteiger partial charge >= 0.3 is 0 Å². The van der Waals surface area contributed by atoms with Crippen molar-refractivity contribution in [2.24, 2.45) is 0 Å². The summed E-state index contributed by atoms with van der Waals surface area (Å²) in [5, 5.41) is 1.65. The molecular weight excluding hydrogens is 324 g/mol. The van der Waals surface area contributed by atoms with Crippen LogP contribution in [0.3, 0.4) is 0 Å². The normalized spacial score (nSPS) is 18.2. The molecule has 1 aliphatic heterocycles. The van der Waals surface area contributed by atoms with Crippen LogP contribution in [0.15, 0.2) is 21.7 Å². The lowest BCUT2D eigenvalue weighted by Gasteiger charge is -2.25. The molecule has 0 saturated carbocycles. The zero-order chi connectivity index (χ0) is 14.6. The Balaban J connectivity index is 1.89. The minimum absolute atomic E-state index is 0.139. The molecule has 0 amide bonds. The van der Waals surface area contributed by atoms with Crippen LogP contribution in [0.25, 0.3) is 0 Å². The number of thiophene rings is 1. The minimum Gasteiger partial charge on any atom is -0.379 e. The van der Waals surface area contributed by atoms with Gasteiger partial charge in [-0.15, -0.1) is 11.3 Å². The van der Waals surface area contributed by atoms with Crippen molar-refractivity contribution in [1.29, 1.82) is 0 Å². The summed E-state index contributed by atoms with van der Waals surface area (Å²) in [5.74, 6) is -0.252. The predicted octanol–water partition coefficient (Wildman–Crippen LogP) is -0.312. The van der Waals surface area contributed by atoms with Gasteiger partial charge in [0, 0.05) is 19.6 Å². The smallest absolute Gasteiger partial charge is 0.250 e. The molecule has 114 valence electrons. The molecule has 1 aliphatic rings. The van der Waals surface area contributed by atoms with E-state index in [1.165, 1.54) is 10.4 Å². The van der Waals surface area contributed by atoms with Crippen LogP contribution >= 0.6 is 11.3 Å². The summed E-state index contributed by atoms with van der Waals surface area (Å²) in [4.78, 5) is 0. The lowest BCUT2D eigenvalue weighted by atomic mass is 10.5. The maximum atomic E-state index is 12.0. The van der Waals surface area contributed by atoms with Crippen LogP contribution in [-0.4, -0.2) is 59.7 Å². The molecule has 1 aromatic heterocycles. The Labute approximate surface area is 122 Å². The van der Waals surface area contributed by atoms with Crippen LogP contribution in [0.4, 0.5) is 0 Å². The summed E-state index contributed by atoms with van der Waals surface area (Å²) in [7, 11) is -7.05. The molecule has 0 aliphatic carbocycles. The molecule has 0 radical (unpaired) electrons. The van der Waals surface area contributed by atoms with Gasteiger partial charge < -0.3 is 4.74 Å². The van der Waals surface area contributed by atoms with Crippen molar-refractivity contribution in [3.05, 3.63) is 17.5 Å². The molecule has 10 heteroatoms. The molecule has 1 saturated heterocycles. The van der Waals surface area contributed by atoms with E-state index < -0.39 is 20.0 Å². The third kappa shape index (κ3) is 3.99. The molecule has 7 nitrogen and oxygen atoms in total. The molecule has 20 heavy (non-hydrogen) atoms. The van der Waals surface area contributed by atoms with E-state index in [1.807, 2.05) is 0 Å². The predicted molar refractivity (Wildman–Crippen MR) is 75.7 cm³/mol. The number of ether oxygens (including phenoxy) is 1. The molecule has 2 heterocycles. The first-order chi connectivity index (χ1) is 9.42. The van der Waals surface area contributed by atoms with Crippen LogP contribution in [0.1, 0.15) is 0 Å². The van der Waals surface area contributed by atoms with Gasteiger partial charge in [-0.2, -0.15) is 4.31 Å². The van der Waals surface area contributed by atoms with Gasteiger partial charge in [-0.1, -0.05) is 6.07 Å². The van der Waals surface area contributed by atoms with Gasteiger partial charge in [-0.3, -0.25) is 0 Å². The number of hydrogen-bond acceptors (Lipinski definition) is 6. The third-order valence-electron chi connectivity index (χ3n) is 2.78. The van der Waals surface area contributed by atoms with E-state index in [0.717, 1.165) is 11.3 Å². The average molecular weight is 340 g/mol. The molecule has 1 fully saturated rings. The highest BCUT2D eigenvalue weighted by Gasteiger charge is 2.24. The van der Waals surface area contributed by atoms with Crippen molar-refractivity contribution < 1.29 is 21.6 Å². The van der Waals surface area contributed by atoms with Gasteiger partial charge in [-0.25, -0.2) is 21.6 Å². The zero-order valence-corrected chi connectivity index (χ0v) is 13.1. The number of nitrogens with zero attached hydrogens (tertiary/aromatic N) is 1. The Kier molecular flexibility index (Phi) is 5.15. The summed E-state index contributed by atoms with van der Waals surface area (Å²) in [5.41, 5.74) is 0. The number of hydrogen-bond donors (Lipinski definition) is 1. The minimum atomic E-state index is -3.61. The molecule has 2 rings (SSSR count). The first-order valence-corrected chi connectivity index (χ1v) is 9.98. The van der Waals surface area contributed by atoms with Gasteiger partial charge in [0.2, 0.25) is 20.0 Å². The quantitative estimate of drug-likeness (QED) is 0.767. The summed E-state index contributed by atoms with van der Waals surface area (Å²) in [6, 6.07) is 3.10. The maximum absolute atomic E-state index is 12.0. The van der Waals surface area contributed by atoms with Crippen molar-refractivity contribution >= 4 is 31.4 Å². The molecule has 0 unspecified atom stereocenters. The van der Waals surface area contributed by atoms with Gasteiger partial charge in [0.25, 0.3) is 0 Å². The van der Waals surface area contributed by atoms with E-state index in [0.29, 0.717) is 26.3 Å². The van der Waals surface area contributed by atoms with Crippen LogP contribution in [-0.2, 0) is 24.8 Å². The summed E-state index contributed by atoms with van der Waals surface area (Å²) in [6.45, 7) is 1.25. The highest BCUT2D eigenvalue weighted by molar-refractivity contribution is 7.91. The molecular formula is C10H16N2O5S3. The first-order valence-electron chi connectivity index (χ1n) is 6.00. The van der Waals surface area contributed by atoms with E-state index in [-0.39, 0.29) is 16.5 Å². The molecule has 1 N–H and O–H groups in total. The van der Waals surface area contributed by atoms with Crippen LogP contribution in [0, 0.1) is 0 Å². The van der Waals surface area contributed by atoms with Crippen LogP contribution < -0.4 is 4.72 Å². The summed E-state index contributed by atoms with van der Waals surface area (Å²) in [6.07, 6.45) is 0. The lowest BCUT2D eigenvalue weighted by molar-refractivity contribution is 0.0730. The van der Waals surface area contributed by atoms with E-state index >= 15 is 0 Å². The molecule has 0 aromatic carbocycles. The second kappa shape index (κ2) is 6.50. The fraction of sp³-hybridized carbons (Fsp3) is 0.600. The van der Waals surface area contributed by atoms with Crippen molar-refractivity contribution in [3.8, 4) is 0 Å². The lowest BCUT2D eigenvalue weighted by Crippen LogP contribution is -2.43. The molecule has 1 aromatic rings. The number of morpholine rings is 1. The second-order valence-electron chi connectivity index (χ2n) is 4.16. The Morgan fingerprint density at radius 2 is 1.95 bits per heavy atom. The number of nitrogens with one attached hydrogen (secondary N) is 1. The Bertz CT molecular complexity index is 618. The van der Waals surface area contributed by atoms with E-state index in [9.17, 15) is 16.8 Å². The van der Waals surface area contributed by atoms with Gasteiger partial charge in [-0.05, 0) is 11.4 Å². The van der Waals surface area contributed by atoms with Crippen LogP contribution in [0.5, 0.6) is 0 Å². The SMILES string of the molecule is O=S(=O)(NCCS(=O)(=O)N1CCOCC1)c1cccs1. The fourth-order valence-electron chi connectivity index (χ4n) is 1.75. The van der Waals surface area contributed by atoms with E-state index in [1.54, 1.807) is 11.4 Å². The number of sulfonamides is 2. The van der Waals surface area contributed by atoms with Crippen molar-refractivity contribution in [2.45, 2.75) is 4.21 Å². The maximum Gasteiger partial charge on any atom is 0.250 e. The van der Waals surface area contributed by atoms with Crippen molar-refractivity contribution in [2.75, 3.05) is 38.6 Å². The highest BCUT2D eigenvalue weighted by atomic mass is 32.2. The fourth-order valence-corrected chi connectivity index (χ4v) is 5.27. The topological polar surface area (TPSA) is 92.8 Å². The molecule has 0 spiro atoms. The Morgan fingerprint density at radius 3 is 2.55 bits per heavy atom. The average Bonchev–Trinajstić information content (AvgIpc) is 2.94. The first kappa shape index (κ1) is 15.9. The Hall–Kier alpha value is -0.520. The zero-order valence-electron chi connectivity index (χ0n) is 10.7. The van der Waals surface area contributed by atoms with Crippen LogP contribution in [0.2, 0.25) is 0 Å². The Morgan fingerprint density at radius 1 is 1.25 bits per heavy atom. The summed E-state index contributed by atoms with van der Waals surface area (Å²) >= 11 is 1.09. The van der Waals surface area contributed by atoms with Crippen molar-refractivity contribution in [3.63, 3.8) is 0 Å². The largest absolute Gasteiger partial charge is 0.379 e. The van der Waals surface area contributed by atoms with E-state index in [2.05, 4.69) is 4.72 Å². The third-order valence-corrected chi connectivity index (χ3v) is 7.51. The van der Waals surface area contributed by atoms with Gasteiger partial charge in [0.15, 0.2) is 0 Å².